The summed E-state index contributed by atoms with van der Waals surface area (Å²) >= 11 is 6.02. The Kier molecular flexibility index (Phi) is 7.35. The smallest absolute Gasteiger partial charge is 0.317 e. The summed E-state index contributed by atoms with van der Waals surface area (Å²) in [7, 11) is 0. The minimum atomic E-state index is -0.819. The number of aromatic nitrogens is 3. The van der Waals surface area contributed by atoms with E-state index in [0.717, 1.165) is 24.8 Å². The quantitative estimate of drug-likeness (QED) is 0.474. The summed E-state index contributed by atoms with van der Waals surface area (Å²) in [5.74, 6) is 0.260. The van der Waals surface area contributed by atoms with Gasteiger partial charge in [0.05, 0.1) is 18.3 Å². The predicted molar refractivity (Wildman–Crippen MR) is 127 cm³/mol. The Bertz CT molecular complexity index is 1160. The maximum Gasteiger partial charge on any atom is 0.317 e. The lowest BCUT2D eigenvalue weighted by Gasteiger charge is -2.31. The number of carboxylic acids is 1. The van der Waals surface area contributed by atoms with Gasteiger partial charge in [-0.15, -0.1) is 0 Å². The Labute approximate surface area is 197 Å². The van der Waals surface area contributed by atoms with E-state index in [0.29, 0.717) is 54.9 Å². The molecule has 3 heterocycles. The maximum atomic E-state index is 12.9. The number of imidazole rings is 1. The Hall–Kier alpha value is -2.84. The molecular formula is C24H29ClN4O4. The largest absolute Gasteiger partial charge is 0.480 e. The predicted octanol–water partition coefficient (Wildman–Crippen LogP) is 3.93. The molecule has 8 nitrogen and oxygen atoms in total. The number of likely N-dealkylation sites (tertiary alicyclic amines) is 1. The van der Waals surface area contributed by atoms with Gasteiger partial charge in [-0.05, 0) is 31.4 Å². The summed E-state index contributed by atoms with van der Waals surface area (Å²) in [5, 5.41) is 9.65. The van der Waals surface area contributed by atoms with Crippen LogP contribution in [-0.4, -0.2) is 55.7 Å². The molecule has 9 heteroatoms. The van der Waals surface area contributed by atoms with E-state index >= 15 is 0 Å². The van der Waals surface area contributed by atoms with Crippen LogP contribution < -0.4 is 10.3 Å². The van der Waals surface area contributed by atoms with Gasteiger partial charge in [-0.3, -0.25) is 23.5 Å². The summed E-state index contributed by atoms with van der Waals surface area (Å²) in [6.45, 7) is 4.20. The van der Waals surface area contributed by atoms with Gasteiger partial charge < -0.3 is 9.84 Å². The van der Waals surface area contributed by atoms with Crippen molar-refractivity contribution in [2.45, 2.75) is 51.7 Å². The summed E-state index contributed by atoms with van der Waals surface area (Å²) in [5.41, 5.74) is 1.39. The van der Waals surface area contributed by atoms with Crippen molar-refractivity contribution in [1.82, 2.24) is 18.9 Å². The number of piperidine rings is 1. The standard InChI is InChI=1S/C24H29ClN4O4/c1-2-3-4-11-28-22(33-19-9-12-27(13-10-19)16-23(31)32)14-21(30)29-15-20(26-24(28)29)17-5-7-18(25)8-6-17/h5-8,14-15,19H,2-4,9-13,16H2,1H3,(H,31,32). The van der Waals surface area contributed by atoms with E-state index in [4.69, 9.17) is 26.4 Å². The third-order valence-electron chi connectivity index (χ3n) is 5.99. The Morgan fingerprint density at radius 2 is 1.94 bits per heavy atom. The number of halogens is 1. The molecule has 0 saturated carbocycles. The number of ether oxygens (including phenoxy) is 1. The molecule has 0 amide bonds. The van der Waals surface area contributed by atoms with Crippen molar-refractivity contribution < 1.29 is 14.6 Å². The van der Waals surface area contributed by atoms with Crippen LogP contribution in [0.25, 0.3) is 17.0 Å². The summed E-state index contributed by atoms with van der Waals surface area (Å²) < 4.78 is 9.86. The van der Waals surface area contributed by atoms with Gasteiger partial charge in [-0.2, -0.15) is 0 Å². The summed E-state index contributed by atoms with van der Waals surface area (Å²) in [6, 6.07) is 8.92. The Morgan fingerprint density at radius 3 is 2.61 bits per heavy atom. The van der Waals surface area contributed by atoms with Crippen molar-refractivity contribution in [3.63, 3.8) is 0 Å². The number of rotatable bonds is 9. The molecule has 0 bridgehead atoms. The van der Waals surface area contributed by atoms with Crippen molar-refractivity contribution in [1.29, 1.82) is 0 Å². The lowest BCUT2D eigenvalue weighted by Crippen LogP contribution is -2.41. The number of nitrogens with zero attached hydrogens (tertiary/aromatic N) is 4. The zero-order valence-corrected chi connectivity index (χ0v) is 19.5. The molecule has 1 aromatic carbocycles. The van der Waals surface area contributed by atoms with Crippen LogP contribution in [-0.2, 0) is 11.3 Å². The first-order valence-electron chi connectivity index (χ1n) is 11.4. The fraction of sp³-hybridized carbons (Fsp3) is 0.458. The fourth-order valence-electron chi connectivity index (χ4n) is 4.21. The number of carboxylic acid groups (broad SMARTS) is 1. The average Bonchev–Trinajstić information content (AvgIpc) is 3.23. The molecule has 0 aliphatic carbocycles. The zero-order chi connectivity index (χ0) is 23.4. The van der Waals surface area contributed by atoms with Gasteiger partial charge in [0.25, 0.3) is 5.56 Å². The van der Waals surface area contributed by atoms with Crippen LogP contribution in [0, 0.1) is 0 Å². The monoisotopic (exact) mass is 472 g/mol. The zero-order valence-electron chi connectivity index (χ0n) is 18.7. The Balaban J connectivity index is 1.64. The molecule has 1 saturated heterocycles. The maximum absolute atomic E-state index is 12.9. The van der Waals surface area contributed by atoms with Gasteiger partial charge in [0.15, 0.2) is 0 Å². The topological polar surface area (TPSA) is 89.1 Å². The minimum Gasteiger partial charge on any atom is -0.480 e. The summed E-state index contributed by atoms with van der Waals surface area (Å²) in [4.78, 5) is 30.6. The lowest BCUT2D eigenvalue weighted by atomic mass is 10.1. The average molecular weight is 473 g/mol. The number of carbonyl (C=O) groups is 1. The van der Waals surface area contributed by atoms with Crippen LogP contribution in [0.15, 0.2) is 41.3 Å². The van der Waals surface area contributed by atoms with E-state index in [2.05, 4.69) is 6.92 Å². The number of hydrogen-bond acceptors (Lipinski definition) is 5. The molecule has 1 N–H and O–H groups in total. The van der Waals surface area contributed by atoms with Crippen molar-refractivity contribution in [2.24, 2.45) is 0 Å². The first-order chi connectivity index (χ1) is 15.9. The second-order valence-corrected chi connectivity index (χ2v) is 8.91. The molecule has 2 aromatic heterocycles. The van der Waals surface area contributed by atoms with Gasteiger partial charge in [-0.25, -0.2) is 4.98 Å². The number of unbranched alkanes of at least 4 members (excludes halogenated alkanes) is 2. The lowest BCUT2D eigenvalue weighted by molar-refractivity contribution is -0.138. The second-order valence-electron chi connectivity index (χ2n) is 8.47. The first kappa shape index (κ1) is 23.3. The number of fused-ring (bicyclic) bond motifs is 1. The van der Waals surface area contributed by atoms with E-state index in [1.807, 2.05) is 21.6 Å². The highest BCUT2D eigenvalue weighted by Crippen LogP contribution is 2.24. The molecule has 3 aromatic rings. The number of hydrogen-bond donors (Lipinski definition) is 1. The third-order valence-corrected chi connectivity index (χ3v) is 6.24. The minimum absolute atomic E-state index is 0.0436. The van der Waals surface area contributed by atoms with Crippen LogP contribution in [0.1, 0.15) is 39.0 Å². The highest BCUT2D eigenvalue weighted by Gasteiger charge is 2.24. The highest BCUT2D eigenvalue weighted by atomic mass is 35.5. The van der Waals surface area contributed by atoms with Gasteiger partial charge >= 0.3 is 5.97 Å². The van der Waals surface area contributed by atoms with Crippen LogP contribution in [0.2, 0.25) is 5.02 Å². The molecule has 0 radical (unpaired) electrons. The molecular weight excluding hydrogens is 444 g/mol. The number of benzene rings is 1. The van der Waals surface area contributed by atoms with Crippen LogP contribution in [0.4, 0.5) is 0 Å². The van der Waals surface area contributed by atoms with Crippen LogP contribution in [0.3, 0.4) is 0 Å². The van der Waals surface area contributed by atoms with E-state index in [-0.39, 0.29) is 18.2 Å². The van der Waals surface area contributed by atoms with Crippen molar-refractivity contribution in [3.05, 3.63) is 51.9 Å². The normalized spacial score (nSPS) is 15.2. The van der Waals surface area contributed by atoms with Gasteiger partial charge in [-0.1, -0.05) is 43.5 Å². The van der Waals surface area contributed by atoms with E-state index in [1.54, 1.807) is 22.7 Å². The number of aliphatic carboxylic acids is 1. The fourth-order valence-corrected chi connectivity index (χ4v) is 4.34. The van der Waals surface area contributed by atoms with E-state index in [9.17, 15) is 9.59 Å². The molecule has 0 spiro atoms. The number of aryl methyl sites for hydroxylation is 1. The van der Waals surface area contributed by atoms with Gasteiger partial charge in [0.1, 0.15) is 6.10 Å². The Morgan fingerprint density at radius 1 is 1.21 bits per heavy atom. The van der Waals surface area contributed by atoms with Crippen molar-refractivity contribution in [3.8, 4) is 17.1 Å². The second kappa shape index (κ2) is 10.4. The molecule has 176 valence electrons. The molecule has 0 atom stereocenters. The highest BCUT2D eigenvalue weighted by molar-refractivity contribution is 6.30. The molecule has 0 unspecified atom stereocenters. The van der Waals surface area contributed by atoms with E-state index in [1.165, 1.54) is 6.07 Å². The van der Waals surface area contributed by atoms with Crippen LogP contribution >= 0.6 is 11.6 Å². The molecule has 1 aliphatic rings. The van der Waals surface area contributed by atoms with Crippen molar-refractivity contribution in [2.75, 3.05) is 19.6 Å². The first-order valence-corrected chi connectivity index (χ1v) is 11.8. The SMILES string of the molecule is CCCCCn1c(OC2CCN(CC(=O)O)CC2)cc(=O)n2cc(-c3ccc(Cl)cc3)nc12. The molecule has 4 rings (SSSR count). The third kappa shape index (κ3) is 5.57. The van der Waals surface area contributed by atoms with Crippen LogP contribution in [0.5, 0.6) is 5.88 Å². The molecule has 1 fully saturated rings. The molecule has 33 heavy (non-hydrogen) atoms. The molecule has 1 aliphatic heterocycles. The van der Waals surface area contributed by atoms with Crippen molar-refractivity contribution >= 4 is 23.3 Å². The van der Waals surface area contributed by atoms with E-state index < -0.39 is 5.97 Å². The van der Waals surface area contributed by atoms with Gasteiger partial charge in [0.2, 0.25) is 11.7 Å². The van der Waals surface area contributed by atoms with Gasteiger partial charge in [0, 0.05) is 36.4 Å². The summed E-state index contributed by atoms with van der Waals surface area (Å²) in [6.07, 6.45) is 6.21.